The molecule has 29 heavy (non-hydrogen) atoms. The van der Waals surface area contributed by atoms with Crippen LogP contribution in [-0.2, 0) is 0 Å². The molecule has 0 heterocycles. The Labute approximate surface area is 179 Å². The highest BCUT2D eigenvalue weighted by molar-refractivity contribution is 5.25. The van der Waals surface area contributed by atoms with Crippen molar-refractivity contribution in [1.29, 1.82) is 0 Å². The van der Waals surface area contributed by atoms with Gasteiger partial charge in [-0.2, -0.15) is 0 Å². The first-order valence-electron chi connectivity index (χ1n) is 12.8. The van der Waals surface area contributed by atoms with Gasteiger partial charge in [-0.05, 0) is 104 Å². The fraction of sp³-hybridized carbons (Fsp3) is 0.926. The zero-order chi connectivity index (χ0) is 20.8. The van der Waals surface area contributed by atoms with Crippen LogP contribution in [0.4, 0.5) is 0 Å². The lowest BCUT2D eigenvalue weighted by Gasteiger charge is -2.58. The molecule has 2 unspecified atom stereocenters. The molecule has 3 fully saturated rings. The topological polar surface area (TPSA) is 40.5 Å². The largest absolute Gasteiger partial charge is 0.396 e. The van der Waals surface area contributed by atoms with E-state index in [1.165, 1.54) is 57.8 Å². The number of rotatable bonds is 6. The molecule has 4 aliphatic rings. The summed E-state index contributed by atoms with van der Waals surface area (Å²) in [5.41, 5.74) is 2.51. The lowest BCUT2D eigenvalue weighted by atomic mass is 9.47. The van der Waals surface area contributed by atoms with Crippen molar-refractivity contribution in [2.45, 2.75) is 104 Å². The Hall–Kier alpha value is -0.340. The summed E-state index contributed by atoms with van der Waals surface area (Å²) in [7, 11) is 0. The van der Waals surface area contributed by atoms with Gasteiger partial charge in [0.15, 0.2) is 0 Å². The van der Waals surface area contributed by atoms with Crippen LogP contribution in [0.5, 0.6) is 0 Å². The van der Waals surface area contributed by atoms with Gasteiger partial charge in [0, 0.05) is 6.61 Å². The van der Waals surface area contributed by atoms with Gasteiger partial charge in [-0.25, -0.2) is 0 Å². The van der Waals surface area contributed by atoms with Gasteiger partial charge >= 0.3 is 0 Å². The normalized spacial score (nSPS) is 46.3. The SMILES string of the molecule is C[C@@H](CO)CCC[C@@H](C)[C@H]1CCC2[C@@H]3CC=C4C[C@@H](O)CC[C@]4(C)C3CC[C@@]21C. The molecule has 0 saturated heterocycles. The summed E-state index contributed by atoms with van der Waals surface area (Å²) in [6.45, 7) is 10.2. The predicted octanol–water partition coefficient (Wildman–Crippen LogP) is 6.36. The molecule has 0 aromatic rings. The number of allylic oxidation sites excluding steroid dienone is 1. The van der Waals surface area contributed by atoms with E-state index in [0.29, 0.717) is 23.4 Å². The van der Waals surface area contributed by atoms with Crippen LogP contribution in [0.3, 0.4) is 0 Å². The maximum atomic E-state index is 10.2. The maximum absolute atomic E-state index is 10.2. The van der Waals surface area contributed by atoms with Crippen LogP contribution in [0, 0.1) is 46.3 Å². The van der Waals surface area contributed by atoms with Crippen molar-refractivity contribution in [1.82, 2.24) is 0 Å². The number of aliphatic hydroxyl groups excluding tert-OH is 2. The maximum Gasteiger partial charge on any atom is 0.0577 e. The van der Waals surface area contributed by atoms with Crippen LogP contribution in [0.1, 0.15) is 98.3 Å². The third kappa shape index (κ3) is 3.75. The molecule has 4 rings (SSSR count). The van der Waals surface area contributed by atoms with E-state index in [4.69, 9.17) is 0 Å². The van der Waals surface area contributed by atoms with E-state index in [9.17, 15) is 10.2 Å². The van der Waals surface area contributed by atoms with Crippen molar-refractivity contribution in [3.63, 3.8) is 0 Å². The second-order valence-electron chi connectivity index (χ2n) is 12.1. The van der Waals surface area contributed by atoms with Crippen molar-refractivity contribution in [2.75, 3.05) is 6.61 Å². The van der Waals surface area contributed by atoms with Gasteiger partial charge in [-0.3, -0.25) is 0 Å². The zero-order valence-corrected chi connectivity index (χ0v) is 19.5. The Balaban J connectivity index is 1.46. The summed E-state index contributed by atoms with van der Waals surface area (Å²) in [5, 5.41) is 19.5. The van der Waals surface area contributed by atoms with E-state index >= 15 is 0 Å². The Morgan fingerprint density at radius 3 is 2.59 bits per heavy atom. The van der Waals surface area contributed by atoms with Crippen molar-refractivity contribution >= 4 is 0 Å². The Kier molecular flexibility index (Phi) is 6.26. The van der Waals surface area contributed by atoms with Crippen molar-refractivity contribution < 1.29 is 10.2 Å². The first kappa shape index (κ1) is 21.9. The highest BCUT2D eigenvalue weighted by Gasteiger charge is 2.59. The summed E-state index contributed by atoms with van der Waals surface area (Å²) in [5.74, 6) is 4.82. The van der Waals surface area contributed by atoms with Crippen LogP contribution in [0.15, 0.2) is 11.6 Å². The number of aliphatic hydroxyl groups is 2. The van der Waals surface area contributed by atoms with Gasteiger partial charge in [0.25, 0.3) is 0 Å². The summed E-state index contributed by atoms with van der Waals surface area (Å²) >= 11 is 0. The molecule has 3 saturated carbocycles. The van der Waals surface area contributed by atoms with Gasteiger partial charge < -0.3 is 10.2 Å². The summed E-state index contributed by atoms with van der Waals surface area (Å²) in [6, 6.07) is 0. The quantitative estimate of drug-likeness (QED) is 0.507. The van der Waals surface area contributed by atoms with Gasteiger partial charge in [0.1, 0.15) is 0 Å². The van der Waals surface area contributed by atoms with E-state index < -0.39 is 0 Å². The Morgan fingerprint density at radius 1 is 1.03 bits per heavy atom. The molecule has 2 heteroatoms. The first-order chi connectivity index (χ1) is 13.8. The fourth-order valence-electron chi connectivity index (χ4n) is 8.70. The molecule has 4 aliphatic carbocycles. The second kappa shape index (κ2) is 8.30. The molecule has 0 aromatic carbocycles. The molecule has 0 aromatic heterocycles. The van der Waals surface area contributed by atoms with Crippen LogP contribution in [0.2, 0.25) is 0 Å². The summed E-state index contributed by atoms with van der Waals surface area (Å²) in [6.07, 6.45) is 16.4. The third-order valence-electron chi connectivity index (χ3n) is 10.5. The van der Waals surface area contributed by atoms with E-state index in [1.54, 1.807) is 5.57 Å². The fourth-order valence-corrected chi connectivity index (χ4v) is 8.70. The number of hydrogen-bond acceptors (Lipinski definition) is 2. The molecule has 0 amide bonds. The highest BCUT2D eigenvalue weighted by atomic mass is 16.3. The summed E-state index contributed by atoms with van der Waals surface area (Å²) < 4.78 is 0. The van der Waals surface area contributed by atoms with Crippen molar-refractivity contribution in [2.24, 2.45) is 46.3 Å². The minimum atomic E-state index is -0.0926. The van der Waals surface area contributed by atoms with Crippen LogP contribution in [-0.4, -0.2) is 22.9 Å². The average molecular weight is 403 g/mol. The molecule has 166 valence electrons. The summed E-state index contributed by atoms with van der Waals surface area (Å²) in [4.78, 5) is 0. The Bertz CT molecular complexity index is 612. The monoisotopic (exact) mass is 402 g/mol. The minimum Gasteiger partial charge on any atom is -0.396 e. The van der Waals surface area contributed by atoms with Crippen molar-refractivity contribution in [3.05, 3.63) is 11.6 Å². The number of hydrogen-bond donors (Lipinski definition) is 2. The molecule has 0 aliphatic heterocycles. The molecule has 0 radical (unpaired) electrons. The lowest BCUT2D eigenvalue weighted by Crippen LogP contribution is -2.50. The Morgan fingerprint density at radius 2 is 1.83 bits per heavy atom. The van der Waals surface area contributed by atoms with Gasteiger partial charge in [-0.1, -0.05) is 52.2 Å². The lowest BCUT2D eigenvalue weighted by molar-refractivity contribution is -0.0573. The molecular formula is C27H46O2. The second-order valence-corrected chi connectivity index (χ2v) is 12.1. The van der Waals surface area contributed by atoms with E-state index in [1.807, 2.05) is 0 Å². The van der Waals surface area contributed by atoms with Gasteiger partial charge in [0.2, 0.25) is 0 Å². The van der Waals surface area contributed by atoms with Gasteiger partial charge in [0.05, 0.1) is 6.10 Å². The molecule has 0 spiro atoms. The van der Waals surface area contributed by atoms with Gasteiger partial charge in [-0.15, -0.1) is 0 Å². The predicted molar refractivity (Wildman–Crippen MR) is 120 cm³/mol. The number of fused-ring (bicyclic) bond motifs is 5. The molecule has 2 nitrogen and oxygen atoms in total. The average Bonchev–Trinajstić information content (AvgIpc) is 3.05. The van der Waals surface area contributed by atoms with E-state index in [-0.39, 0.29) is 6.10 Å². The first-order valence-corrected chi connectivity index (χ1v) is 12.8. The standard InChI is InChI=1S/C27H46O2/c1-18(17-28)6-5-7-19(2)23-10-11-24-22-9-8-20-16-21(29)12-14-26(20,3)25(22)13-15-27(23,24)4/h8,18-19,21-25,28-29H,5-7,9-17H2,1-4H3/t18-,19-,21+,22+,23-,24?,25?,26+,27-/m1/s1. The third-order valence-corrected chi connectivity index (χ3v) is 10.5. The van der Waals surface area contributed by atoms with Crippen molar-refractivity contribution in [3.8, 4) is 0 Å². The molecule has 9 atom stereocenters. The highest BCUT2D eigenvalue weighted by Crippen LogP contribution is 2.67. The zero-order valence-electron chi connectivity index (χ0n) is 19.5. The van der Waals surface area contributed by atoms with E-state index in [2.05, 4.69) is 33.8 Å². The smallest absolute Gasteiger partial charge is 0.0577 e. The van der Waals surface area contributed by atoms with Crippen LogP contribution < -0.4 is 0 Å². The minimum absolute atomic E-state index is 0.0926. The molecule has 2 N–H and O–H groups in total. The molecule has 0 bridgehead atoms. The van der Waals surface area contributed by atoms with Crippen LogP contribution >= 0.6 is 0 Å². The van der Waals surface area contributed by atoms with E-state index in [0.717, 1.165) is 42.4 Å². The molecular weight excluding hydrogens is 356 g/mol. The van der Waals surface area contributed by atoms with Crippen LogP contribution in [0.25, 0.3) is 0 Å².